The molecule has 1 rings (SSSR count). The average Bonchev–Trinajstić information content (AvgIpc) is 2.65. The number of thioether (sulfide) groups is 1. The van der Waals surface area contributed by atoms with Crippen LogP contribution in [0, 0.1) is 5.92 Å². The fraction of sp³-hybridized carbons (Fsp3) is 0.800. The van der Waals surface area contributed by atoms with Gasteiger partial charge < -0.3 is 10.3 Å². The molecule has 0 spiro atoms. The van der Waals surface area contributed by atoms with Crippen LogP contribution in [0.5, 0.6) is 0 Å². The minimum absolute atomic E-state index is 0.124. The molecule has 86 valence electrons. The van der Waals surface area contributed by atoms with Gasteiger partial charge in [-0.25, -0.2) is 0 Å². The van der Waals surface area contributed by atoms with Crippen molar-refractivity contribution < 1.29 is 4.52 Å². The lowest BCUT2D eigenvalue weighted by Crippen LogP contribution is -2.08. The first-order chi connectivity index (χ1) is 7.13. The van der Waals surface area contributed by atoms with Gasteiger partial charge in [0.15, 0.2) is 5.82 Å². The van der Waals surface area contributed by atoms with E-state index in [-0.39, 0.29) is 6.04 Å². The summed E-state index contributed by atoms with van der Waals surface area (Å²) in [5.41, 5.74) is 5.78. The molecule has 0 aliphatic carbocycles. The van der Waals surface area contributed by atoms with Crippen LogP contribution in [0.25, 0.3) is 0 Å². The fourth-order valence-corrected chi connectivity index (χ4v) is 1.93. The number of nitrogens with two attached hydrogens (primary N) is 1. The highest BCUT2D eigenvalue weighted by Gasteiger charge is 2.12. The van der Waals surface area contributed by atoms with E-state index in [4.69, 9.17) is 10.3 Å². The van der Waals surface area contributed by atoms with E-state index in [0.29, 0.717) is 11.8 Å². The van der Waals surface area contributed by atoms with E-state index in [1.54, 1.807) is 0 Å². The second-order valence-electron chi connectivity index (χ2n) is 3.97. The van der Waals surface area contributed by atoms with Crippen LogP contribution in [0.3, 0.4) is 0 Å². The third-order valence-corrected chi connectivity index (χ3v) is 3.29. The largest absolute Gasteiger partial charge is 0.338 e. The number of hydrogen-bond donors (Lipinski definition) is 1. The molecule has 0 bridgehead atoms. The Hall–Kier alpha value is -0.550. The SMILES string of the molecule is CC[C@@H](N)c1nc(CSCC(C)C)no1. The summed E-state index contributed by atoms with van der Waals surface area (Å²) in [5.74, 6) is 3.92. The average molecular weight is 229 g/mol. The summed E-state index contributed by atoms with van der Waals surface area (Å²) in [6.07, 6.45) is 0.820. The van der Waals surface area contributed by atoms with Crippen molar-refractivity contribution >= 4 is 11.8 Å². The monoisotopic (exact) mass is 229 g/mol. The molecular formula is C10H19N3OS. The lowest BCUT2D eigenvalue weighted by molar-refractivity contribution is 0.349. The Morgan fingerprint density at radius 3 is 2.80 bits per heavy atom. The van der Waals surface area contributed by atoms with Gasteiger partial charge in [-0.2, -0.15) is 16.7 Å². The van der Waals surface area contributed by atoms with Crippen molar-refractivity contribution in [1.29, 1.82) is 0 Å². The molecule has 1 atom stereocenters. The lowest BCUT2D eigenvalue weighted by Gasteiger charge is -2.01. The number of rotatable bonds is 6. The van der Waals surface area contributed by atoms with Gasteiger partial charge in [-0.15, -0.1) is 0 Å². The normalized spacial score (nSPS) is 13.4. The molecule has 15 heavy (non-hydrogen) atoms. The van der Waals surface area contributed by atoms with Crippen LogP contribution in [-0.4, -0.2) is 15.9 Å². The number of hydrogen-bond acceptors (Lipinski definition) is 5. The molecule has 0 aromatic carbocycles. The molecule has 0 saturated heterocycles. The molecule has 1 aromatic rings. The highest BCUT2D eigenvalue weighted by molar-refractivity contribution is 7.98. The molecule has 0 radical (unpaired) electrons. The minimum Gasteiger partial charge on any atom is -0.338 e. The third-order valence-electron chi connectivity index (χ3n) is 1.92. The summed E-state index contributed by atoms with van der Waals surface area (Å²) in [6.45, 7) is 6.39. The molecule has 0 aliphatic heterocycles. The van der Waals surface area contributed by atoms with E-state index in [1.165, 1.54) is 0 Å². The van der Waals surface area contributed by atoms with E-state index in [1.807, 2.05) is 18.7 Å². The maximum absolute atomic E-state index is 5.78. The van der Waals surface area contributed by atoms with E-state index >= 15 is 0 Å². The predicted octanol–water partition coefficient (Wildman–Crippen LogP) is 2.37. The van der Waals surface area contributed by atoms with Crippen molar-refractivity contribution in [1.82, 2.24) is 10.1 Å². The molecular weight excluding hydrogens is 210 g/mol. The molecule has 0 aliphatic rings. The summed E-state index contributed by atoms with van der Waals surface area (Å²) >= 11 is 1.82. The molecule has 1 aromatic heterocycles. The van der Waals surface area contributed by atoms with Gasteiger partial charge in [-0.1, -0.05) is 25.9 Å². The van der Waals surface area contributed by atoms with Gasteiger partial charge in [0.05, 0.1) is 11.8 Å². The number of aromatic nitrogens is 2. The van der Waals surface area contributed by atoms with Crippen molar-refractivity contribution in [3.63, 3.8) is 0 Å². The Balaban J connectivity index is 2.39. The first-order valence-corrected chi connectivity index (χ1v) is 6.44. The van der Waals surface area contributed by atoms with Crippen molar-refractivity contribution in [2.45, 2.75) is 39.0 Å². The van der Waals surface area contributed by atoms with E-state index in [2.05, 4.69) is 24.0 Å². The molecule has 0 unspecified atom stereocenters. The Morgan fingerprint density at radius 1 is 1.47 bits per heavy atom. The van der Waals surface area contributed by atoms with Crippen molar-refractivity contribution in [3.05, 3.63) is 11.7 Å². The summed E-state index contributed by atoms with van der Waals surface area (Å²) in [5, 5.41) is 3.90. The van der Waals surface area contributed by atoms with Crippen molar-refractivity contribution in [3.8, 4) is 0 Å². The highest BCUT2D eigenvalue weighted by Crippen LogP contribution is 2.16. The number of nitrogens with zero attached hydrogens (tertiary/aromatic N) is 2. The molecule has 0 fully saturated rings. The van der Waals surface area contributed by atoms with E-state index < -0.39 is 0 Å². The Labute approximate surface area is 95.0 Å². The Morgan fingerprint density at radius 2 is 2.20 bits per heavy atom. The zero-order valence-corrected chi connectivity index (χ0v) is 10.4. The van der Waals surface area contributed by atoms with Crippen LogP contribution < -0.4 is 5.73 Å². The molecule has 0 amide bonds. The zero-order valence-electron chi connectivity index (χ0n) is 9.56. The van der Waals surface area contributed by atoms with Crippen LogP contribution in [0.15, 0.2) is 4.52 Å². The van der Waals surface area contributed by atoms with Gasteiger partial charge >= 0.3 is 0 Å². The third kappa shape index (κ3) is 4.22. The van der Waals surface area contributed by atoms with Crippen LogP contribution in [-0.2, 0) is 5.75 Å². The Bertz CT molecular complexity index is 288. The van der Waals surface area contributed by atoms with Crippen molar-refractivity contribution in [2.75, 3.05) is 5.75 Å². The van der Waals surface area contributed by atoms with Crippen LogP contribution in [0.1, 0.15) is 44.9 Å². The van der Waals surface area contributed by atoms with Crippen molar-refractivity contribution in [2.24, 2.45) is 11.7 Å². The summed E-state index contributed by atoms with van der Waals surface area (Å²) < 4.78 is 5.08. The zero-order chi connectivity index (χ0) is 11.3. The van der Waals surface area contributed by atoms with Gasteiger partial charge in [-0.3, -0.25) is 0 Å². The Kier molecular flexibility index (Phi) is 5.11. The summed E-state index contributed by atoms with van der Waals surface area (Å²) in [4.78, 5) is 4.25. The molecule has 4 nitrogen and oxygen atoms in total. The first kappa shape index (κ1) is 12.5. The topological polar surface area (TPSA) is 64.9 Å². The molecule has 5 heteroatoms. The van der Waals surface area contributed by atoms with Crippen LogP contribution in [0.2, 0.25) is 0 Å². The van der Waals surface area contributed by atoms with Gasteiger partial charge in [0.1, 0.15) is 0 Å². The fourth-order valence-electron chi connectivity index (χ4n) is 1.04. The summed E-state index contributed by atoms with van der Waals surface area (Å²) in [7, 11) is 0. The van der Waals surface area contributed by atoms with E-state index in [0.717, 1.165) is 23.8 Å². The minimum atomic E-state index is -0.124. The van der Waals surface area contributed by atoms with Gasteiger partial charge in [0.25, 0.3) is 0 Å². The molecule has 0 saturated carbocycles. The van der Waals surface area contributed by atoms with Crippen LogP contribution >= 0.6 is 11.8 Å². The van der Waals surface area contributed by atoms with Crippen LogP contribution in [0.4, 0.5) is 0 Å². The van der Waals surface area contributed by atoms with E-state index in [9.17, 15) is 0 Å². The predicted molar refractivity (Wildman–Crippen MR) is 62.5 cm³/mol. The highest BCUT2D eigenvalue weighted by atomic mass is 32.2. The van der Waals surface area contributed by atoms with Gasteiger partial charge in [-0.05, 0) is 18.1 Å². The standard InChI is InChI=1S/C10H19N3OS/c1-4-8(11)10-12-9(13-14-10)6-15-5-7(2)3/h7-8H,4-6,11H2,1-3H3/t8-/m1/s1. The molecule has 1 heterocycles. The maximum Gasteiger partial charge on any atom is 0.243 e. The summed E-state index contributed by atoms with van der Waals surface area (Å²) in [6, 6.07) is -0.124. The maximum atomic E-state index is 5.78. The smallest absolute Gasteiger partial charge is 0.243 e. The quantitative estimate of drug-likeness (QED) is 0.811. The van der Waals surface area contributed by atoms with Gasteiger partial charge in [0.2, 0.25) is 5.89 Å². The first-order valence-electron chi connectivity index (χ1n) is 5.29. The second kappa shape index (κ2) is 6.12. The lowest BCUT2D eigenvalue weighted by atomic mass is 10.2. The molecule has 2 N–H and O–H groups in total. The van der Waals surface area contributed by atoms with Gasteiger partial charge in [0, 0.05) is 0 Å². The second-order valence-corrected chi connectivity index (χ2v) is 5.00.